The van der Waals surface area contributed by atoms with Gasteiger partial charge in [-0.1, -0.05) is 24.6 Å². The Kier molecular flexibility index (Phi) is 5.33. The summed E-state index contributed by atoms with van der Waals surface area (Å²) in [6, 6.07) is 7.87. The molecule has 1 amide bonds. The number of carbonyl (C=O) groups excluding carboxylic acids is 1. The summed E-state index contributed by atoms with van der Waals surface area (Å²) >= 11 is 1.87. The summed E-state index contributed by atoms with van der Waals surface area (Å²) in [4.78, 5) is 15.2. The molecule has 0 bridgehead atoms. The van der Waals surface area contributed by atoms with E-state index in [-0.39, 0.29) is 5.91 Å². The Morgan fingerprint density at radius 1 is 1.26 bits per heavy atom. The molecule has 1 heterocycles. The van der Waals surface area contributed by atoms with Crippen molar-refractivity contribution in [3.8, 4) is 0 Å². The molecule has 0 saturated carbocycles. The molecule has 1 aromatic heterocycles. The lowest BCUT2D eigenvalue weighted by Gasteiger charge is -2.04. The molecule has 0 aliphatic rings. The van der Waals surface area contributed by atoms with Gasteiger partial charge in [-0.25, -0.2) is 0 Å². The van der Waals surface area contributed by atoms with E-state index in [4.69, 9.17) is 0 Å². The molecule has 1 aromatic carbocycles. The van der Waals surface area contributed by atoms with E-state index in [1.807, 2.05) is 36.0 Å². The summed E-state index contributed by atoms with van der Waals surface area (Å²) in [5, 5.41) is 3.98. The number of carbonyl (C=O) groups is 1. The zero-order chi connectivity index (χ0) is 13.5. The van der Waals surface area contributed by atoms with Crippen LogP contribution in [-0.2, 0) is 0 Å². The van der Waals surface area contributed by atoms with Gasteiger partial charge >= 0.3 is 0 Å². The molecule has 2 aromatic rings. The number of amides is 1. The zero-order valence-electron chi connectivity index (χ0n) is 11.2. The molecule has 0 saturated heterocycles. The summed E-state index contributed by atoms with van der Waals surface area (Å²) in [6.07, 6.45) is 7.36. The van der Waals surface area contributed by atoms with Crippen molar-refractivity contribution in [1.82, 2.24) is 10.3 Å². The summed E-state index contributed by atoms with van der Waals surface area (Å²) in [5.41, 5.74) is 1.74. The van der Waals surface area contributed by atoms with Gasteiger partial charge in [0.05, 0.1) is 5.56 Å². The van der Waals surface area contributed by atoms with Crippen LogP contribution in [0.2, 0.25) is 0 Å². The number of para-hydroxylation sites is 1. The van der Waals surface area contributed by atoms with Gasteiger partial charge in [-0.05, 0) is 30.9 Å². The first kappa shape index (κ1) is 14.0. The van der Waals surface area contributed by atoms with Crippen molar-refractivity contribution in [2.45, 2.75) is 19.3 Å². The molecular weight excluding hydrogens is 256 g/mol. The van der Waals surface area contributed by atoms with Crippen molar-refractivity contribution in [1.29, 1.82) is 0 Å². The second kappa shape index (κ2) is 7.24. The number of benzene rings is 1. The number of hydrogen-bond donors (Lipinski definition) is 2. The predicted octanol–water partition coefficient (Wildman–Crippen LogP) is 3.43. The number of thioether (sulfide) groups is 1. The molecule has 2 N–H and O–H groups in total. The third-order valence-electron chi connectivity index (χ3n) is 3.14. The highest BCUT2D eigenvalue weighted by molar-refractivity contribution is 7.98. The summed E-state index contributed by atoms with van der Waals surface area (Å²) < 4.78 is 0. The normalized spacial score (nSPS) is 10.8. The molecule has 2 rings (SSSR count). The fraction of sp³-hybridized carbons (Fsp3) is 0.400. The Labute approximate surface area is 118 Å². The van der Waals surface area contributed by atoms with Crippen LogP contribution in [0.15, 0.2) is 30.5 Å². The van der Waals surface area contributed by atoms with Gasteiger partial charge in [0.15, 0.2) is 0 Å². The first-order valence-corrected chi connectivity index (χ1v) is 8.05. The topological polar surface area (TPSA) is 44.9 Å². The van der Waals surface area contributed by atoms with E-state index in [2.05, 4.69) is 16.6 Å². The van der Waals surface area contributed by atoms with E-state index >= 15 is 0 Å². The highest BCUT2D eigenvalue weighted by Gasteiger charge is 2.10. The van der Waals surface area contributed by atoms with Gasteiger partial charge < -0.3 is 10.3 Å². The Morgan fingerprint density at radius 2 is 2.11 bits per heavy atom. The van der Waals surface area contributed by atoms with E-state index < -0.39 is 0 Å². The summed E-state index contributed by atoms with van der Waals surface area (Å²) in [6.45, 7) is 0.757. The van der Waals surface area contributed by atoms with Crippen molar-refractivity contribution in [3.05, 3.63) is 36.0 Å². The molecule has 0 radical (unpaired) electrons. The summed E-state index contributed by atoms with van der Waals surface area (Å²) in [5.74, 6) is 1.22. The zero-order valence-corrected chi connectivity index (χ0v) is 12.1. The highest BCUT2D eigenvalue weighted by atomic mass is 32.2. The number of nitrogens with one attached hydrogen (secondary N) is 2. The number of H-pyrrole nitrogens is 1. The van der Waals surface area contributed by atoms with E-state index in [0.717, 1.165) is 29.4 Å². The maximum absolute atomic E-state index is 12.1. The molecule has 0 aliphatic carbocycles. The van der Waals surface area contributed by atoms with Crippen LogP contribution in [-0.4, -0.2) is 29.4 Å². The SMILES string of the molecule is CSCCCCCNC(=O)c1c[nH]c2ccccc12. The molecular formula is C15H20N2OS. The van der Waals surface area contributed by atoms with Gasteiger partial charge in [-0.15, -0.1) is 0 Å². The molecule has 19 heavy (non-hydrogen) atoms. The van der Waals surface area contributed by atoms with Crippen LogP contribution >= 0.6 is 11.8 Å². The molecule has 4 heteroatoms. The molecule has 0 aliphatic heterocycles. The van der Waals surface area contributed by atoms with Gasteiger partial charge in [-0.3, -0.25) is 4.79 Å². The maximum atomic E-state index is 12.1. The lowest BCUT2D eigenvalue weighted by atomic mass is 10.1. The van der Waals surface area contributed by atoms with E-state index in [0.29, 0.717) is 0 Å². The lowest BCUT2D eigenvalue weighted by Crippen LogP contribution is -2.24. The van der Waals surface area contributed by atoms with Gasteiger partial charge in [0.25, 0.3) is 5.91 Å². The van der Waals surface area contributed by atoms with Crippen molar-refractivity contribution in [3.63, 3.8) is 0 Å². The Hall–Kier alpha value is -1.42. The molecule has 0 atom stereocenters. The third kappa shape index (κ3) is 3.77. The van der Waals surface area contributed by atoms with Crippen molar-refractivity contribution in [2.24, 2.45) is 0 Å². The van der Waals surface area contributed by atoms with E-state index in [1.165, 1.54) is 18.6 Å². The second-order valence-corrected chi connectivity index (χ2v) is 5.54. The second-order valence-electron chi connectivity index (χ2n) is 4.56. The molecule has 0 fully saturated rings. The van der Waals surface area contributed by atoms with Gasteiger partial charge in [0.1, 0.15) is 0 Å². The number of hydrogen-bond acceptors (Lipinski definition) is 2. The maximum Gasteiger partial charge on any atom is 0.253 e. The van der Waals surface area contributed by atoms with Crippen LogP contribution in [0.3, 0.4) is 0 Å². The van der Waals surface area contributed by atoms with Crippen LogP contribution in [0.5, 0.6) is 0 Å². The monoisotopic (exact) mass is 276 g/mol. The van der Waals surface area contributed by atoms with E-state index in [9.17, 15) is 4.79 Å². The first-order valence-electron chi connectivity index (χ1n) is 6.66. The fourth-order valence-corrected chi connectivity index (χ4v) is 2.60. The van der Waals surface area contributed by atoms with Gasteiger partial charge in [0.2, 0.25) is 0 Å². The molecule has 0 unspecified atom stereocenters. The minimum atomic E-state index is 0.0160. The van der Waals surface area contributed by atoms with Crippen LogP contribution in [0, 0.1) is 0 Å². The quantitative estimate of drug-likeness (QED) is 0.761. The Morgan fingerprint density at radius 3 is 2.95 bits per heavy atom. The van der Waals surface area contributed by atoms with E-state index in [1.54, 1.807) is 6.20 Å². The number of aromatic nitrogens is 1. The number of aromatic amines is 1. The van der Waals surface area contributed by atoms with Crippen LogP contribution < -0.4 is 5.32 Å². The number of fused-ring (bicyclic) bond motifs is 1. The first-order chi connectivity index (χ1) is 9.33. The standard InChI is InChI=1S/C15H20N2OS/c1-19-10-6-2-5-9-16-15(18)13-11-17-14-8-4-3-7-12(13)14/h3-4,7-8,11,17H,2,5-6,9-10H2,1H3,(H,16,18). The van der Waals surface area contributed by atoms with Crippen LogP contribution in [0.1, 0.15) is 29.6 Å². The third-order valence-corrected chi connectivity index (χ3v) is 3.84. The largest absolute Gasteiger partial charge is 0.360 e. The van der Waals surface area contributed by atoms with Crippen LogP contribution in [0.25, 0.3) is 10.9 Å². The molecule has 102 valence electrons. The fourth-order valence-electron chi connectivity index (χ4n) is 2.10. The predicted molar refractivity (Wildman–Crippen MR) is 82.9 cm³/mol. The Balaban J connectivity index is 1.83. The van der Waals surface area contributed by atoms with Crippen molar-refractivity contribution < 1.29 is 4.79 Å². The molecule has 3 nitrogen and oxygen atoms in total. The average molecular weight is 276 g/mol. The smallest absolute Gasteiger partial charge is 0.253 e. The van der Waals surface area contributed by atoms with Gasteiger partial charge in [0, 0.05) is 23.6 Å². The van der Waals surface area contributed by atoms with Gasteiger partial charge in [-0.2, -0.15) is 11.8 Å². The summed E-state index contributed by atoms with van der Waals surface area (Å²) in [7, 11) is 0. The Bertz CT molecular complexity index is 536. The number of unbranched alkanes of at least 4 members (excludes halogenated alkanes) is 2. The van der Waals surface area contributed by atoms with Crippen molar-refractivity contribution >= 4 is 28.6 Å². The minimum absolute atomic E-state index is 0.0160. The number of rotatable bonds is 7. The minimum Gasteiger partial charge on any atom is -0.360 e. The molecule has 0 spiro atoms. The van der Waals surface area contributed by atoms with Crippen molar-refractivity contribution in [2.75, 3.05) is 18.6 Å². The van der Waals surface area contributed by atoms with Crippen LogP contribution in [0.4, 0.5) is 0 Å². The lowest BCUT2D eigenvalue weighted by molar-refractivity contribution is 0.0954. The average Bonchev–Trinajstić information content (AvgIpc) is 2.86. The highest BCUT2D eigenvalue weighted by Crippen LogP contribution is 2.17.